The normalized spacial score (nSPS) is 11.8. The summed E-state index contributed by atoms with van der Waals surface area (Å²) in [5, 5.41) is 2.83. The van der Waals surface area contributed by atoms with Crippen LogP contribution in [0.1, 0.15) is 36.2 Å². The number of carbonyl (C=O) groups is 1. The van der Waals surface area contributed by atoms with Gasteiger partial charge >= 0.3 is 0 Å². The Hall–Kier alpha value is -2.22. The van der Waals surface area contributed by atoms with Crippen molar-refractivity contribution in [2.24, 2.45) is 0 Å². The lowest BCUT2D eigenvalue weighted by atomic mass is 10.2. The summed E-state index contributed by atoms with van der Waals surface area (Å²) in [4.78, 5) is 12.4. The maximum absolute atomic E-state index is 12.5. The summed E-state index contributed by atoms with van der Waals surface area (Å²) in [6, 6.07) is 16.0. The second-order valence-corrected chi connectivity index (χ2v) is 9.09. The summed E-state index contributed by atoms with van der Waals surface area (Å²) < 4.78 is 31.8. The molecule has 0 fully saturated rings. The number of sulfonamides is 1. The number of nitrogens with zero attached hydrogens (tertiary/aromatic N) is 1. The van der Waals surface area contributed by atoms with E-state index in [-0.39, 0.29) is 16.8 Å². The summed E-state index contributed by atoms with van der Waals surface area (Å²) in [7, 11) is -2.00. The minimum absolute atomic E-state index is 0.141. The number of hydrogen-bond acceptors (Lipinski definition) is 4. The molecule has 2 rings (SSSR count). The topological polar surface area (TPSA) is 75.7 Å². The summed E-state index contributed by atoms with van der Waals surface area (Å²) in [6.07, 6.45) is 1.58. The molecule has 0 aliphatic heterocycles. The highest BCUT2D eigenvalue weighted by Gasteiger charge is 2.23. The minimum atomic E-state index is -3.55. The van der Waals surface area contributed by atoms with Gasteiger partial charge in [0.05, 0.1) is 11.5 Å². The van der Waals surface area contributed by atoms with Crippen LogP contribution in [-0.2, 0) is 21.2 Å². The van der Waals surface area contributed by atoms with E-state index >= 15 is 0 Å². The molecule has 0 unspecified atom stereocenters. The van der Waals surface area contributed by atoms with Gasteiger partial charge in [0.25, 0.3) is 5.91 Å². The number of nitrogens with one attached hydrogen (secondary N) is 1. The zero-order chi connectivity index (χ0) is 21.3. The van der Waals surface area contributed by atoms with Crippen molar-refractivity contribution in [2.75, 3.05) is 26.8 Å². The Labute approximate surface area is 173 Å². The van der Waals surface area contributed by atoms with E-state index in [9.17, 15) is 13.2 Å². The number of amides is 1. The molecule has 0 radical (unpaired) electrons. The molecule has 0 atom stereocenters. The van der Waals surface area contributed by atoms with Gasteiger partial charge < -0.3 is 10.1 Å². The molecule has 2 aromatic rings. The molecule has 0 aromatic heterocycles. The van der Waals surface area contributed by atoms with Crippen molar-refractivity contribution in [3.8, 4) is 0 Å². The fourth-order valence-electron chi connectivity index (χ4n) is 2.64. The van der Waals surface area contributed by atoms with Crippen molar-refractivity contribution < 1.29 is 17.9 Å². The maximum atomic E-state index is 12.5. The van der Waals surface area contributed by atoms with Crippen LogP contribution in [0, 0.1) is 0 Å². The van der Waals surface area contributed by atoms with Crippen molar-refractivity contribution in [3.63, 3.8) is 0 Å². The number of benzene rings is 2. The van der Waals surface area contributed by atoms with Gasteiger partial charge in [-0.2, -0.15) is 4.31 Å². The quantitative estimate of drug-likeness (QED) is 0.569. The van der Waals surface area contributed by atoms with Gasteiger partial charge in [0, 0.05) is 31.8 Å². The molecule has 0 aliphatic carbocycles. The number of hydrogen-bond donors (Lipinski definition) is 1. The van der Waals surface area contributed by atoms with E-state index in [0.717, 1.165) is 6.42 Å². The number of carbonyl (C=O) groups excluding carboxylic acids is 1. The van der Waals surface area contributed by atoms with Crippen LogP contribution < -0.4 is 5.32 Å². The zero-order valence-corrected chi connectivity index (χ0v) is 18.1. The van der Waals surface area contributed by atoms with E-state index in [4.69, 9.17) is 4.74 Å². The third-order valence-electron chi connectivity index (χ3n) is 4.65. The second-order valence-electron chi connectivity index (χ2n) is 7.10. The molecule has 1 N–H and O–H groups in total. The first-order chi connectivity index (χ1) is 13.8. The standard InChI is InChI=1S/C22H30N2O4S/c1-18(2)24(3)29(26,27)21-12-10-20(11-13-21)22(25)23-15-7-16-28-17-14-19-8-5-4-6-9-19/h4-6,8-13,18H,7,14-17H2,1-3H3,(H,23,25). The first-order valence-electron chi connectivity index (χ1n) is 9.80. The molecule has 0 saturated carbocycles. The summed E-state index contributed by atoms with van der Waals surface area (Å²) in [6.45, 7) is 5.35. The van der Waals surface area contributed by atoms with E-state index in [2.05, 4.69) is 17.4 Å². The number of rotatable bonds is 11. The fraction of sp³-hybridized carbons (Fsp3) is 0.409. The zero-order valence-electron chi connectivity index (χ0n) is 17.3. The second kappa shape index (κ2) is 11.1. The van der Waals surface area contributed by atoms with E-state index in [1.807, 2.05) is 32.0 Å². The average molecular weight is 419 g/mol. The van der Waals surface area contributed by atoms with Gasteiger partial charge in [0.1, 0.15) is 0 Å². The van der Waals surface area contributed by atoms with E-state index < -0.39 is 10.0 Å². The van der Waals surface area contributed by atoms with Crippen LogP contribution in [0.15, 0.2) is 59.5 Å². The largest absolute Gasteiger partial charge is 0.381 e. The smallest absolute Gasteiger partial charge is 0.251 e. The lowest BCUT2D eigenvalue weighted by molar-refractivity contribution is 0.0942. The Kier molecular flexibility index (Phi) is 8.82. The van der Waals surface area contributed by atoms with Gasteiger partial charge in [0.2, 0.25) is 10.0 Å². The third kappa shape index (κ3) is 6.96. The molecule has 0 aliphatic rings. The summed E-state index contributed by atoms with van der Waals surface area (Å²) in [5.41, 5.74) is 1.67. The molecule has 158 valence electrons. The van der Waals surface area contributed by atoms with E-state index in [1.54, 1.807) is 7.05 Å². The average Bonchev–Trinajstić information content (AvgIpc) is 2.73. The van der Waals surface area contributed by atoms with Crippen LogP contribution in [0.4, 0.5) is 0 Å². The van der Waals surface area contributed by atoms with Crippen LogP contribution in [0.2, 0.25) is 0 Å². The molecular formula is C22H30N2O4S. The van der Waals surface area contributed by atoms with Crippen molar-refractivity contribution in [1.29, 1.82) is 0 Å². The first-order valence-corrected chi connectivity index (χ1v) is 11.2. The van der Waals surface area contributed by atoms with Crippen LogP contribution >= 0.6 is 0 Å². The Bertz CT molecular complexity index is 865. The minimum Gasteiger partial charge on any atom is -0.381 e. The van der Waals surface area contributed by atoms with Gasteiger partial charge in [-0.3, -0.25) is 4.79 Å². The molecule has 0 spiro atoms. The molecule has 6 nitrogen and oxygen atoms in total. The van der Waals surface area contributed by atoms with E-state index in [0.29, 0.717) is 31.7 Å². The molecule has 29 heavy (non-hydrogen) atoms. The van der Waals surface area contributed by atoms with Crippen molar-refractivity contribution >= 4 is 15.9 Å². The Balaban J connectivity index is 1.71. The van der Waals surface area contributed by atoms with Crippen LogP contribution in [-0.4, -0.2) is 51.5 Å². The fourth-order valence-corrected chi connectivity index (χ4v) is 4.00. The monoisotopic (exact) mass is 418 g/mol. The molecule has 0 saturated heterocycles. The molecule has 0 bridgehead atoms. The summed E-state index contributed by atoms with van der Waals surface area (Å²) in [5.74, 6) is -0.226. The molecule has 2 aromatic carbocycles. The van der Waals surface area contributed by atoms with Gasteiger partial charge in [-0.15, -0.1) is 0 Å². The third-order valence-corrected chi connectivity index (χ3v) is 6.70. The molecular weight excluding hydrogens is 388 g/mol. The van der Waals surface area contributed by atoms with Gasteiger partial charge in [0.15, 0.2) is 0 Å². The lowest BCUT2D eigenvalue weighted by Crippen LogP contribution is -2.33. The predicted molar refractivity (Wildman–Crippen MR) is 114 cm³/mol. The Morgan fingerprint density at radius 3 is 2.31 bits per heavy atom. The lowest BCUT2D eigenvalue weighted by Gasteiger charge is -2.21. The van der Waals surface area contributed by atoms with E-state index in [1.165, 1.54) is 34.1 Å². The van der Waals surface area contributed by atoms with Crippen molar-refractivity contribution in [2.45, 2.75) is 37.6 Å². The first kappa shape index (κ1) is 23.1. The highest BCUT2D eigenvalue weighted by molar-refractivity contribution is 7.89. The SMILES string of the molecule is CC(C)N(C)S(=O)(=O)c1ccc(C(=O)NCCCOCCc2ccccc2)cc1. The van der Waals surface area contributed by atoms with Crippen molar-refractivity contribution in [1.82, 2.24) is 9.62 Å². The Morgan fingerprint density at radius 2 is 1.69 bits per heavy atom. The van der Waals surface area contributed by atoms with Gasteiger partial charge in [-0.1, -0.05) is 30.3 Å². The van der Waals surface area contributed by atoms with Crippen LogP contribution in [0.3, 0.4) is 0 Å². The van der Waals surface area contributed by atoms with Crippen molar-refractivity contribution in [3.05, 3.63) is 65.7 Å². The molecule has 1 amide bonds. The maximum Gasteiger partial charge on any atom is 0.251 e. The summed E-state index contributed by atoms with van der Waals surface area (Å²) >= 11 is 0. The number of ether oxygens (including phenoxy) is 1. The highest BCUT2D eigenvalue weighted by atomic mass is 32.2. The Morgan fingerprint density at radius 1 is 1.03 bits per heavy atom. The molecule has 7 heteroatoms. The van der Waals surface area contributed by atoms with Crippen LogP contribution in [0.5, 0.6) is 0 Å². The molecule has 0 heterocycles. The highest BCUT2D eigenvalue weighted by Crippen LogP contribution is 2.17. The van der Waals surface area contributed by atoms with Gasteiger partial charge in [-0.25, -0.2) is 8.42 Å². The predicted octanol–water partition coefficient (Wildman–Crippen LogP) is 3.09. The van der Waals surface area contributed by atoms with Crippen LogP contribution in [0.25, 0.3) is 0 Å². The van der Waals surface area contributed by atoms with Gasteiger partial charge in [-0.05, 0) is 56.5 Å².